The Morgan fingerprint density at radius 2 is 1.88 bits per heavy atom. The number of rotatable bonds is 8. The van der Waals surface area contributed by atoms with E-state index in [9.17, 15) is 13.2 Å². The van der Waals surface area contributed by atoms with E-state index in [4.69, 9.17) is 4.98 Å². The number of hydrogen-bond donors (Lipinski definition) is 1. The maximum Gasteiger partial charge on any atom is 0.256 e. The van der Waals surface area contributed by atoms with Gasteiger partial charge in [0.05, 0.1) is 28.0 Å². The molecule has 9 heteroatoms. The van der Waals surface area contributed by atoms with Crippen molar-refractivity contribution in [2.45, 2.75) is 51.1 Å². The van der Waals surface area contributed by atoms with Gasteiger partial charge in [0.2, 0.25) is 10.0 Å². The van der Waals surface area contributed by atoms with Crippen LogP contribution in [0.5, 0.6) is 0 Å². The van der Waals surface area contributed by atoms with E-state index >= 15 is 0 Å². The van der Waals surface area contributed by atoms with Gasteiger partial charge in [0, 0.05) is 39.4 Å². The quantitative estimate of drug-likeness (QED) is 0.526. The summed E-state index contributed by atoms with van der Waals surface area (Å²) in [5.74, 6) is 0.871. The van der Waals surface area contributed by atoms with Crippen molar-refractivity contribution >= 4 is 32.7 Å². The summed E-state index contributed by atoms with van der Waals surface area (Å²) in [6.07, 6.45) is 3.01. The van der Waals surface area contributed by atoms with Gasteiger partial charge in [-0.3, -0.25) is 4.79 Å². The number of likely N-dealkylation sites (tertiary alicyclic amines) is 1. The molecule has 0 bridgehead atoms. The lowest BCUT2D eigenvalue weighted by atomic mass is 10.0. The number of nitrogens with one attached hydrogen (secondary N) is 1. The molecule has 1 fully saturated rings. The second kappa shape index (κ2) is 9.76. The Morgan fingerprint density at radius 3 is 2.56 bits per heavy atom. The number of carbonyl (C=O) groups is 1. The van der Waals surface area contributed by atoms with E-state index in [1.54, 1.807) is 12.1 Å². The maximum absolute atomic E-state index is 13.2. The fourth-order valence-corrected chi connectivity index (χ4v) is 5.41. The molecule has 2 aromatic carbocycles. The zero-order valence-electron chi connectivity index (χ0n) is 20.3. The first-order valence-corrected chi connectivity index (χ1v) is 13.2. The average molecular weight is 484 g/mol. The minimum absolute atomic E-state index is 0.0682. The third-order valence-electron chi connectivity index (χ3n) is 6.34. The van der Waals surface area contributed by atoms with Gasteiger partial charge in [-0.2, -0.15) is 0 Å². The molecule has 2 heterocycles. The van der Waals surface area contributed by atoms with E-state index in [1.807, 2.05) is 36.1 Å². The first-order chi connectivity index (χ1) is 16.2. The maximum atomic E-state index is 13.2. The molecule has 182 valence electrons. The van der Waals surface area contributed by atoms with Gasteiger partial charge in [-0.1, -0.05) is 19.1 Å². The van der Waals surface area contributed by atoms with E-state index in [1.165, 1.54) is 18.4 Å². The molecule has 0 saturated carbocycles. The van der Waals surface area contributed by atoms with Gasteiger partial charge in [-0.25, -0.2) is 17.7 Å². The Hall–Kier alpha value is -2.91. The predicted molar refractivity (Wildman–Crippen MR) is 135 cm³/mol. The van der Waals surface area contributed by atoms with Crippen LogP contribution in [-0.2, 0) is 23.1 Å². The van der Waals surface area contributed by atoms with Crippen molar-refractivity contribution in [2.75, 3.05) is 32.5 Å². The fraction of sp³-hybridized carbons (Fsp3) is 0.440. The molecule has 1 amide bonds. The lowest BCUT2D eigenvalue weighted by Crippen LogP contribution is -2.29. The molecule has 8 nitrogen and oxygen atoms in total. The molecule has 1 aromatic heterocycles. The summed E-state index contributed by atoms with van der Waals surface area (Å²) in [6, 6.07) is 10.9. The van der Waals surface area contributed by atoms with Gasteiger partial charge in [-0.05, 0) is 56.0 Å². The minimum atomic E-state index is -3.54. The van der Waals surface area contributed by atoms with E-state index in [0.29, 0.717) is 17.6 Å². The van der Waals surface area contributed by atoms with Gasteiger partial charge in [0.15, 0.2) is 0 Å². The van der Waals surface area contributed by atoms with Crippen molar-refractivity contribution in [3.05, 3.63) is 53.3 Å². The van der Waals surface area contributed by atoms with Crippen molar-refractivity contribution < 1.29 is 13.2 Å². The van der Waals surface area contributed by atoms with Gasteiger partial charge >= 0.3 is 0 Å². The Labute approximate surface area is 201 Å². The molecule has 0 radical (unpaired) electrons. The topological polar surface area (TPSA) is 87.5 Å². The van der Waals surface area contributed by atoms with E-state index < -0.39 is 10.0 Å². The average Bonchev–Trinajstić information content (AvgIpc) is 3.46. The molecule has 4 rings (SSSR count). The van der Waals surface area contributed by atoms with Crippen LogP contribution < -0.4 is 5.32 Å². The zero-order valence-corrected chi connectivity index (χ0v) is 21.2. The van der Waals surface area contributed by atoms with Gasteiger partial charge in [0.1, 0.15) is 5.82 Å². The first kappa shape index (κ1) is 24.2. The van der Waals surface area contributed by atoms with Crippen LogP contribution in [0.1, 0.15) is 47.9 Å². The number of aryl methyl sites for hydroxylation is 2. The lowest BCUT2D eigenvalue weighted by molar-refractivity contribution is 0.0793. The molecule has 1 saturated heterocycles. The van der Waals surface area contributed by atoms with Crippen molar-refractivity contribution in [3.63, 3.8) is 0 Å². The number of anilines is 1. The van der Waals surface area contributed by atoms with Crippen molar-refractivity contribution in [1.29, 1.82) is 0 Å². The second-order valence-corrected chi connectivity index (χ2v) is 11.1. The summed E-state index contributed by atoms with van der Waals surface area (Å²) in [4.78, 5) is 20.1. The smallest absolute Gasteiger partial charge is 0.256 e. The van der Waals surface area contributed by atoms with Crippen LogP contribution in [0.2, 0.25) is 0 Å². The highest BCUT2D eigenvalue weighted by Gasteiger charge is 2.24. The third kappa shape index (κ3) is 4.54. The van der Waals surface area contributed by atoms with Crippen LogP contribution in [0.15, 0.2) is 41.3 Å². The molecule has 0 spiro atoms. The molecular weight excluding hydrogens is 450 g/mol. The summed E-state index contributed by atoms with van der Waals surface area (Å²) in [5, 5.41) is 3.44. The SMILES string of the molecule is CCCn1c(CNc2cccc(C)c2C(=O)N2CCCC2)nc2cc(S(=O)(=O)N(C)C)ccc21. The Balaban J connectivity index is 1.67. The summed E-state index contributed by atoms with van der Waals surface area (Å²) in [5.41, 5.74) is 3.99. The molecule has 0 aliphatic carbocycles. The summed E-state index contributed by atoms with van der Waals surface area (Å²) in [6.45, 7) is 6.86. The fourth-order valence-electron chi connectivity index (χ4n) is 4.49. The van der Waals surface area contributed by atoms with Crippen molar-refractivity contribution in [3.8, 4) is 0 Å². The van der Waals surface area contributed by atoms with Gasteiger partial charge in [-0.15, -0.1) is 0 Å². The number of fused-ring (bicyclic) bond motifs is 1. The number of amides is 1. The van der Waals surface area contributed by atoms with E-state index in [-0.39, 0.29) is 10.8 Å². The molecule has 1 N–H and O–H groups in total. The lowest BCUT2D eigenvalue weighted by Gasteiger charge is -2.20. The first-order valence-electron chi connectivity index (χ1n) is 11.8. The Kier molecular flexibility index (Phi) is 6.95. The van der Waals surface area contributed by atoms with Gasteiger partial charge in [0.25, 0.3) is 5.91 Å². The van der Waals surface area contributed by atoms with Crippen molar-refractivity contribution in [1.82, 2.24) is 18.8 Å². The van der Waals surface area contributed by atoms with Crippen LogP contribution in [0.4, 0.5) is 5.69 Å². The highest BCUT2D eigenvalue weighted by Crippen LogP contribution is 2.26. The normalized spacial score (nSPS) is 14.3. The van der Waals surface area contributed by atoms with E-state index in [2.05, 4.69) is 16.8 Å². The molecule has 1 aliphatic rings. The molecule has 1 aliphatic heterocycles. The molecule has 0 atom stereocenters. The number of aromatic nitrogens is 2. The molecule has 3 aromatic rings. The number of imidazole rings is 1. The number of carbonyl (C=O) groups excluding carboxylic acids is 1. The minimum Gasteiger partial charge on any atom is -0.377 e. The molecular formula is C25H33N5O3S. The molecule has 34 heavy (non-hydrogen) atoms. The zero-order chi connectivity index (χ0) is 24.5. The van der Waals surface area contributed by atoms with Gasteiger partial charge < -0.3 is 14.8 Å². The van der Waals surface area contributed by atoms with Crippen LogP contribution >= 0.6 is 0 Å². The largest absolute Gasteiger partial charge is 0.377 e. The predicted octanol–water partition coefficient (Wildman–Crippen LogP) is 3.85. The second-order valence-electron chi connectivity index (χ2n) is 8.97. The van der Waals surface area contributed by atoms with Crippen LogP contribution in [0.25, 0.3) is 11.0 Å². The highest BCUT2D eigenvalue weighted by atomic mass is 32.2. The highest BCUT2D eigenvalue weighted by molar-refractivity contribution is 7.89. The standard InChI is InChI=1S/C25H33N5O3S/c1-5-13-30-22-12-11-19(34(32,33)28(3)4)16-21(22)27-23(30)17-26-20-10-8-9-18(2)24(20)25(31)29-14-6-7-15-29/h8-12,16,26H,5-7,13-15,17H2,1-4H3. The van der Waals surface area contributed by atoms with E-state index in [0.717, 1.165) is 61.5 Å². The number of sulfonamides is 1. The number of benzene rings is 2. The summed E-state index contributed by atoms with van der Waals surface area (Å²) >= 11 is 0. The van der Waals surface area contributed by atoms with Crippen LogP contribution in [-0.4, -0.2) is 60.3 Å². The third-order valence-corrected chi connectivity index (χ3v) is 8.15. The summed E-state index contributed by atoms with van der Waals surface area (Å²) < 4.78 is 28.5. The van der Waals surface area contributed by atoms with Crippen LogP contribution in [0, 0.1) is 6.92 Å². The van der Waals surface area contributed by atoms with Crippen LogP contribution in [0.3, 0.4) is 0 Å². The Bertz CT molecular complexity index is 1310. The number of hydrogen-bond acceptors (Lipinski definition) is 5. The number of nitrogens with zero attached hydrogens (tertiary/aromatic N) is 4. The van der Waals surface area contributed by atoms with Crippen molar-refractivity contribution in [2.24, 2.45) is 0 Å². The Morgan fingerprint density at radius 1 is 1.15 bits per heavy atom. The molecule has 0 unspecified atom stereocenters. The monoisotopic (exact) mass is 483 g/mol. The summed E-state index contributed by atoms with van der Waals surface area (Å²) in [7, 11) is -0.499.